The second kappa shape index (κ2) is 6.52. The molecule has 0 atom stereocenters. The number of carbonyl (C=O) groups excluding carboxylic acids is 2. The first-order valence-electron chi connectivity index (χ1n) is 5.53. The molecule has 2 heterocycles. The van der Waals surface area contributed by atoms with Gasteiger partial charge >= 0.3 is 11.0 Å². The summed E-state index contributed by atoms with van der Waals surface area (Å²) in [4.78, 5) is 40.3. The van der Waals surface area contributed by atoms with Crippen molar-refractivity contribution in [1.29, 1.82) is 0 Å². The highest BCUT2D eigenvalue weighted by atomic mass is 32.1. The Kier molecular flexibility index (Phi) is 4.51. The second-order valence-electron chi connectivity index (χ2n) is 3.62. The van der Waals surface area contributed by atoms with E-state index in [-0.39, 0.29) is 15.7 Å². The van der Waals surface area contributed by atoms with Gasteiger partial charge in [-0.3, -0.25) is 25.2 Å². The molecular formula is C11H8N4O5S. The summed E-state index contributed by atoms with van der Waals surface area (Å²) in [5, 5.41) is 12.6. The minimum absolute atomic E-state index is 0.0617. The van der Waals surface area contributed by atoms with Gasteiger partial charge < -0.3 is 4.74 Å². The molecule has 0 unspecified atom stereocenters. The van der Waals surface area contributed by atoms with Crippen molar-refractivity contribution in [2.75, 3.05) is 11.9 Å². The summed E-state index contributed by atoms with van der Waals surface area (Å²) in [5.74, 6) is -1.31. The molecule has 2 rings (SSSR count). The molecule has 21 heavy (non-hydrogen) atoms. The summed E-state index contributed by atoms with van der Waals surface area (Å²) in [5.41, 5.74) is 0.266. The molecule has 2 aromatic heterocycles. The average molecular weight is 308 g/mol. The zero-order chi connectivity index (χ0) is 15.2. The number of hydrogen-bond acceptors (Lipinski definition) is 8. The van der Waals surface area contributed by atoms with Gasteiger partial charge in [-0.25, -0.2) is 9.78 Å². The highest BCUT2D eigenvalue weighted by Gasteiger charge is 2.15. The van der Waals surface area contributed by atoms with Crippen LogP contribution in [-0.2, 0) is 9.53 Å². The zero-order valence-electron chi connectivity index (χ0n) is 10.4. The molecule has 1 amide bonds. The van der Waals surface area contributed by atoms with Gasteiger partial charge in [0.1, 0.15) is 6.20 Å². The third kappa shape index (κ3) is 4.04. The highest BCUT2D eigenvalue weighted by molar-refractivity contribution is 7.18. The Morgan fingerprint density at radius 1 is 1.38 bits per heavy atom. The maximum Gasteiger partial charge on any atom is 0.345 e. The number of esters is 1. The molecular weight excluding hydrogens is 300 g/mol. The number of ether oxygens (including phenoxy) is 1. The number of nitro groups is 1. The summed E-state index contributed by atoms with van der Waals surface area (Å²) in [6.07, 6.45) is 3.87. The standard InChI is InChI=1S/C11H8N4O5S/c16-8(14-11-13-5-9(21-11)15(18)19)6-20-10(17)7-1-3-12-4-2-7/h1-5H,6H2,(H,13,14,16). The molecule has 0 fully saturated rings. The highest BCUT2D eigenvalue weighted by Crippen LogP contribution is 2.24. The van der Waals surface area contributed by atoms with E-state index in [0.29, 0.717) is 11.3 Å². The second-order valence-corrected chi connectivity index (χ2v) is 4.63. The largest absolute Gasteiger partial charge is 0.452 e. The van der Waals surface area contributed by atoms with Crippen LogP contribution in [0.2, 0.25) is 0 Å². The summed E-state index contributed by atoms with van der Waals surface area (Å²) < 4.78 is 4.78. The lowest BCUT2D eigenvalue weighted by molar-refractivity contribution is -0.380. The number of rotatable bonds is 5. The van der Waals surface area contributed by atoms with Crippen LogP contribution in [0, 0.1) is 10.1 Å². The molecule has 0 bridgehead atoms. The Morgan fingerprint density at radius 2 is 2.10 bits per heavy atom. The number of thiazole rings is 1. The van der Waals surface area contributed by atoms with E-state index in [2.05, 4.69) is 15.3 Å². The molecule has 0 radical (unpaired) electrons. The maximum absolute atomic E-state index is 11.6. The Labute approximate surface area is 121 Å². The minimum Gasteiger partial charge on any atom is -0.452 e. The lowest BCUT2D eigenvalue weighted by Gasteiger charge is -2.04. The first-order chi connectivity index (χ1) is 10.1. The van der Waals surface area contributed by atoms with Crippen LogP contribution in [-0.4, -0.2) is 33.4 Å². The SMILES string of the molecule is O=C(COC(=O)c1ccncc1)Nc1ncc([N+](=O)[O-])s1. The number of amides is 1. The number of nitrogens with zero attached hydrogens (tertiary/aromatic N) is 3. The van der Waals surface area contributed by atoms with Crippen molar-refractivity contribution in [1.82, 2.24) is 9.97 Å². The smallest absolute Gasteiger partial charge is 0.345 e. The van der Waals surface area contributed by atoms with Gasteiger partial charge in [0, 0.05) is 12.4 Å². The van der Waals surface area contributed by atoms with Crippen LogP contribution in [0.5, 0.6) is 0 Å². The fourth-order valence-electron chi connectivity index (χ4n) is 1.27. The monoisotopic (exact) mass is 308 g/mol. The molecule has 0 saturated heterocycles. The van der Waals surface area contributed by atoms with Gasteiger partial charge in [-0.1, -0.05) is 0 Å². The first-order valence-corrected chi connectivity index (χ1v) is 6.35. The first kappa shape index (κ1) is 14.5. The van der Waals surface area contributed by atoms with Crippen molar-refractivity contribution in [3.63, 3.8) is 0 Å². The van der Waals surface area contributed by atoms with Gasteiger partial charge in [-0.2, -0.15) is 0 Å². The normalized spacial score (nSPS) is 9.90. The predicted molar refractivity (Wildman–Crippen MR) is 71.9 cm³/mol. The van der Waals surface area contributed by atoms with Crippen LogP contribution in [0.3, 0.4) is 0 Å². The fourth-order valence-corrected chi connectivity index (χ4v) is 1.91. The Bertz CT molecular complexity index is 672. The van der Waals surface area contributed by atoms with Crippen molar-refractivity contribution in [3.05, 3.63) is 46.4 Å². The van der Waals surface area contributed by atoms with Gasteiger partial charge in [0.05, 0.1) is 10.5 Å². The number of pyridine rings is 1. The number of nitrogens with one attached hydrogen (secondary N) is 1. The predicted octanol–water partition coefficient (Wildman–Crippen LogP) is 1.24. The number of carbonyl (C=O) groups is 2. The lowest BCUT2D eigenvalue weighted by atomic mass is 10.3. The molecule has 2 aromatic rings. The molecule has 0 spiro atoms. The van der Waals surface area contributed by atoms with Gasteiger partial charge in [0.15, 0.2) is 11.7 Å². The van der Waals surface area contributed by atoms with Crippen molar-refractivity contribution in [3.8, 4) is 0 Å². The van der Waals surface area contributed by atoms with E-state index in [4.69, 9.17) is 4.74 Å². The molecule has 0 aliphatic carbocycles. The average Bonchev–Trinajstić information content (AvgIpc) is 2.94. The topological polar surface area (TPSA) is 124 Å². The van der Waals surface area contributed by atoms with Crippen LogP contribution >= 0.6 is 11.3 Å². The minimum atomic E-state index is -0.669. The Hall–Kier alpha value is -2.88. The zero-order valence-corrected chi connectivity index (χ0v) is 11.2. The molecule has 0 aliphatic heterocycles. The van der Waals surface area contributed by atoms with Crippen molar-refractivity contribution in [2.45, 2.75) is 0 Å². The van der Waals surface area contributed by atoms with Crippen LogP contribution < -0.4 is 5.32 Å². The van der Waals surface area contributed by atoms with Crippen molar-refractivity contribution < 1.29 is 19.2 Å². The third-order valence-corrected chi connectivity index (χ3v) is 3.03. The van der Waals surface area contributed by atoms with E-state index >= 15 is 0 Å². The molecule has 1 N–H and O–H groups in total. The van der Waals surface area contributed by atoms with E-state index < -0.39 is 23.4 Å². The Morgan fingerprint density at radius 3 is 2.71 bits per heavy atom. The van der Waals surface area contributed by atoms with Crippen molar-refractivity contribution in [2.24, 2.45) is 0 Å². The molecule has 9 nitrogen and oxygen atoms in total. The van der Waals surface area contributed by atoms with Gasteiger partial charge in [-0.15, -0.1) is 0 Å². The fraction of sp³-hybridized carbons (Fsp3) is 0.0909. The van der Waals surface area contributed by atoms with E-state index in [1.807, 2.05) is 0 Å². The van der Waals surface area contributed by atoms with E-state index in [9.17, 15) is 19.7 Å². The molecule has 0 aromatic carbocycles. The van der Waals surface area contributed by atoms with E-state index in [1.165, 1.54) is 24.5 Å². The van der Waals surface area contributed by atoms with Gasteiger partial charge in [0.25, 0.3) is 5.91 Å². The number of hydrogen-bond donors (Lipinski definition) is 1. The molecule has 108 valence electrons. The van der Waals surface area contributed by atoms with Crippen LogP contribution in [0.15, 0.2) is 30.7 Å². The lowest BCUT2D eigenvalue weighted by Crippen LogP contribution is -2.20. The summed E-state index contributed by atoms with van der Waals surface area (Å²) in [7, 11) is 0. The van der Waals surface area contributed by atoms with Crippen molar-refractivity contribution >= 4 is 33.3 Å². The van der Waals surface area contributed by atoms with Gasteiger partial charge in [-0.05, 0) is 23.5 Å². The van der Waals surface area contributed by atoms with Crippen LogP contribution in [0.4, 0.5) is 10.1 Å². The molecule has 0 aliphatic rings. The summed E-state index contributed by atoms with van der Waals surface area (Å²) in [6, 6.07) is 2.90. The summed E-state index contributed by atoms with van der Waals surface area (Å²) >= 11 is 0.709. The van der Waals surface area contributed by atoms with Crippen LogP contribution in [0.25, 0.3) is 0 Å². The summed E-state index contributed by atoms with van der Waals surface area (Å²) in [6.45, 7) is -0.519. The van der Waals surface area contributed by atoms with E-state index in [1.54, 1.807) is 0 Å². The number of aromatic nitrogens is 2. The molecule has 0 saturated carbocycles. The van der Waals surface area contributed by atoms with Gasteiger partial charge in [0.2, 0.25) is 0 Å². The van der Waals surface area contributed by atoms with Crippen LogP contribution in [0.1, 0.15) is 10.4 Å². The van der Waals surface area contributed by atoms with E-state index in [0.717, 1.165) is 6.20 Å². The maximum atomic E-state index is 11.6. The number of anilines is 1. The third-order valence-electron chi connectivity index (χ3n) is 2.17. The molecule has 10 heteroatoms. The quantitative estimate of drug-likeness (QED) is 0.500. The Balaban J connectivity index is 1.84.